The summed E-state index contributed by atoms with van der Waals surface area (Å²) >= 11 is 0. The molecule has 6 heteroatoms. The zero-order valence-electron chi connectivity index (χ0n) is 10.5. The Morgan fingerprint density at radius 2 is 2.17 bits per heavy atom. The molecule has 0 amide bonds. The van der Waals surface area contributed by atoms with Crippen LogP contribution in [0.5, 0.6) is 0 Å². The van der Waals surface area contributed by atoms with Crippen molar-refractivity contribution in [3.05, 3.63) is 23.7 Å². The highest BCUT2D eigenvalue weighted by Crippen LogP contribution is 2.17. The Kier molecular flexibility index (Phi) is 4.42. The van der Waals surface area contributed by atoms with E-state index in [0.29, 0.717) is 18.9 Å². The molecule has 2 rings (SSSR count). The van der Waals surface area contributed by atoms with Gasteiger partial charge in [0.15, 0.2) is 9.84 Å². The van der Waals surface area contributed by atoms with Crippen LogP contribution in [0.1, 0.15) is 24.4 Å². The lowest BCUT2D eigenvalue weighted by Gasteiger charge is -2.08. The summed E-state index contributed by atoms with van der Waals surface area (Å²) in [5, 5.41) is 2.96. The fourth-order valence-corrected chi connectivity index (χ4v) is 3.64. The monoisotopic (exact) mass is 273 g/mol. The number of hydrogen-bond donors (Lipinski definition) is 1. The number of furan rings is 1. The van der Waals surface area contributed by atoms with Crippen molar-refractivity contribution < 1.29 is 17.6 Å². The summed E-state index contributed by atoms with van der Waals surface area (Å²) in [6, 6.07) is 3.52. The fraction of sp³-hybridized carbons (Fsp3) is 0.667. The second-order valence-corrected chi connectivity index (χ2v) is 6.70. The topological polar surface area (TPSA) is 68.5 Å². The predicted molar refractivity (Wildman–Crippen MR) is 67.9 cm³/mol. The van der Waals surface area contributed by atoms with Crippen molar-refractivity contribution in [3.63, 3.8) is 0 Å². The molecule has 1 atom stereocenters. The van der Waals surface area contributed by atoms with E-state index in [1.807, 2.05) is 7.05 Å². The average molecular weight is 273 g/mol. The molecule has 1 aliphatic rings. The van der Waals surface area contributed by atoms with Gasteiger partial charge in [0, 0.05) is 6.61 Å². The zero-order valence-corrected chi connectivity index (χ0v) is 11.3. The Morgan fingerprint density at radius 3 is 2.83 bits per heavy atom. The van der Waals surface area contributed by atoms with E-state index in [9.17, 15) is 8.42 Å². The molecule has 1 unspecified atom stereocenters. The summed E-state index contributed by atoms with van der Waals surface area (Å²) in [7, 11) is -1.34. The SMILES string of the molecule is CNCc1ccc(CS(=O)(=O)CC2CCCO2)o1. The Morgan fingerprint density at radius 1 is 1.39 bits per heavy atom. The van der Waals surface area contributed by atoms with Gasteiger partial charge in [0.05, 0.1) is 18.4 Å². The van der Waals surface area contributed by atoms with Gasteiger partial charge in [-0.1, -0.05) is 0 Å². The molecule has 0 radical (unpaired) electrons. The van der Waals surface area contributed by atoms with Gasteiger partial charge in [-0.3, -0.25) is 0 Å². The van der Waals surface area contributed by atoms with Crippen molar-refractivity contribution >= 4 is 9.84 Å². The molecule has 102 valence electrons. The summed E-state index contributed by atoms with van der Waals surface area (Å²) in [5.41, 5.74) is 0. The highest BCUT2D eigenvalue weighted by molar-refractivity contribution is 7.90. The maximum atomic E-state index is 12.0. The van der Waals surface area contributed by atoms with Crippen LogP contribution in [-0.2, 0) is 26.9 Å². The zero-order chi connectivity index (χ0) is 13.0. The molecular weight excluding hydrogens is 254 g/mol. The molecule has 1 aromatic heterocycles. The van der Waals surface area contributed by atoms with Gasteiger partial charge >= 0.3 is 0 Å². The van der Waals surface area contributed by atoms with E-state index in [2.05, 4.69) is 5.32 Å². The van der Waals surface area contributed by atoms with Gasteiger partial charge in [0.25, 0.3) is 0 Å². The van der Waals surface area contributed by atoms with Gasteiger partial charge in [-0.25, -0.2) is 8.42 Å². The van der Waals surface area contributed by atoms with Crippen molar-refractivity contribution in [2.45, 2.75) is 31.2 Å². The van der Waals surface area contributed by atoms with E-state index in [4.69, 9.17) is 9.15 Å². The van der Waals surface area contributed by atoms with Crippen LogP contribution >= 0.6 is 0 Å². The lowest BCUT2D eigenvalue weighted by atomic mass is 10.3. The van der Waals surface area contributed by atoms with E-state index in [-0.39, 0.29) is 17.6 Å². The lowest BCUT2D eigenvalue weighted by Crippen LogP contribution is -2.21. The smallest absolute Gasteiger partial charge is 0.160 e. The summed E-state index contributed by atoms with van der Waals surface area (Å²) in [4.78, 5) is 0. The molecule has 5 nitrogen and oxygen atoms in total. The standard InChI is InChI=1S/C12H19NO4S/c1-13-7-10-4-5-12(17-10)9-18(14,15)8-11-3-2-6-16-11/h4-5,11,13H,2-3,6-9H2,1H3. The van der Waals surface area contributed by atoms with Crippen LogP contribution in [0.25, 0.3) is 0 Å². The van der Waals surface area contributed by atoms with Crippen LogP contribution < -0.4 is 5.32 Å². The molecule has 1 fully saturated rings. The van der Waals surface area contributed by atoms with Crippen molar-refractivity contribution in [2.24, 2.45) is 0 Å². The Hall–Kier alpha value is -0.850. The van der Waals surface area contributed by atoms with Crippen LogP contribution in [0.15, 0.2) is 16.5 Å². The van der Waals surface area contributed by atoms with Crippen LogP contribution in [0.3, 0.4) is 0 Å². The number of nitrogens with one attached hydrogen (secondary N) is 1. The van der Waals surface area contributed by atoms with E-state index >= 15 is 0 Å². The number of sulfone groups is 1. The maximum absolute atomic E-state index is 12.0. The molecule has 0 bridgehead atoms. The summed E-state index contributed by atoms with van der Waals surface area (Å²) in [6.07, 6.45) is 1.65. The summed E-state index contributed by atoms with van der Waals surface area (Å²) < 4.78 is 34.7. The molecule has 0 saturated carbocycles. The number of ether oxygens (including phenoxy) is 1. The van der Waals surface area contributed by atoms with Crippen LogP contribution in [0.2, 0.25) is 0 Å². The highest BCUT2D eigenvalue weighted by atomic mass is 32.2. The first kappa shape index (κ1) is 13.6. The van der Waals surface area contributed by atoms with Gasteiger partial charge in [0.2, 0.25) is 0 Å². The van der Waals surface area contributed by atoms with Gasteiger partial charge < -0.3 is 14.5 Å². The Bertz CT molecular complexity index is 474. The fourth-order valence-electron chi connectivity index (χ4n) is 2.10. The Labute approximate surface area is 107 Å². The van der Waals surface area contributed by atoms with E-state index < -0.39 is 9.84 Å². The van der Waals surface area contributed by atoms with Gasteiger partial charge in [-0.15, -0.1) is 0 Å². The van der Waals surface area contributed by atoms with E-state index in [0.717, 1.165) is 18.6 Å². The third-order valence-corrected chi connectivity index (χ3v) is 4.50. The average Bonchev–Trinajstić information content (AvgIpc) is 2.90. The first-order valence-corrected chi connectivity index (χ1v) is 7.95. The third-order valence-electron chi connectivity index (χ3n) is 2.89. The third kappa shape index (κ3) is 3.83. The van der Waals surface area contributed by atoms with Gasteiger partial charge in [-0.2, -0.15) is 0 Å². The molecule has 0 aromatic carbocycles. The van der Waals surface area contributed by atoms with Crippen LogP contribution in [0.4, 0.5) is 0 Å². The number of hydrogen-bond acceptors (Lipinski definition) is 5. The van der Waals surface area contributed by atoms with Gasteiger partial charge in [0.1, 0.15) is 17.3 Å². The lowest BCUT2D eigenvalue weighted by molar-refractivity contribution is 0.127. The largest absolute Gasteiger partial charge is 0.464 e. The maximum Gasteiger partial charge on any atom is 0.160 e. The predicted octanol–water partition coefficient (Wildman–Crippen LogP) is 1.09. The molecule has 2 heterocycles. The quantitative estimate of drug-likeness (QED) is 0.840. The first-order chi connectivity index (χ1) is 8.59. The van der Waals surface area contributed by atoms with Crippen molar-refractivity contribution in [1.82, 2.24) is 5.32 Å². The highest BCUT2D eigenvalue weighted by Gasteiger charge is 2.24. The van der Waals surface area contributed by atoms with E-state index in [1.165, 1.54) is 0 Å². The minimum atomic E-state index is -3.16. The molecule has 1 aromatic rings. The summed E-state index contributed by atoms with van der Waals surface area (Å²) in [5.74, 6) is 1.30. The molecule has 18 heavy (non-hydrogen) atoms. The van der Waals surface area contributed by atoms with Gasteiger partial charge in [-0.05, 0) is 32.0 Å². The van der Waals surface area contributed by atoms with E-state index in [1.54, 1.807) is 12.1 Å². The normalized spacial score (nSPS) is 20.4. The van der Waals surface area contributed by atoms with Crippen molar-refractivity contribution in [2.75, 3.05) is 19.4 Å². The molecule has 1 saturated heterocycles. The molecule has 0 spiro atoms. The first-order valence-electron chi connectivity index (χ1n) is 6.13. The minimum Gasteiger partial charge on any atom is -0.464 e. The van der Waals surface area contributed by atoms with Crippen LogP contribution in [0, 0.1) is 0 Å². The number of rotatable bonds is 6. The molecular formula is C12H19NO4S. The molecule has 1 N–H and O–H groups in total. The second kappa shape index (κ2) is 5.86. The molecule has 1 aliphatic heterocycles. The minimum absolute atomic E-state index is 0.0451. The van der Waals surface area contributed by atoms with Crippen LogP contribution in [-0.4, -0.2) is 33.9 Å². The summed E-state index contributed by atoms with van der Waals surface area (Å²) in [6.45, 7) is 1.28. The molecule has 0 aliphatic carbocycles. The second-order valence-electron chi connectivity index (χ2n) is 4.59. The van der Waals surface area contributed by atoms with Crippen molar-refractivity contribution in [1.29, 1.82) is 0 Å². The van der Waals surface area contributed by atoms with Crippen molar-refractivity contribution in [3.8, 4) is 0 Å². The Balaban J connectivity index is 1.93.